The molecule has 1 aromatic carbocycles. The first-order valence-corrected chi connectivity index (χ1v) is 6.28. The van der Waals surface area contributed by atoms with Gasteiger partial charge in [0.05, 0.1) is 11.5 Å². The number of ether oxygens (including phenoxy) is 1. The first kappa shape index (κ1) is 16.4. The molecule has 1 N–H and O–H groups in total. The molecule has 0 fully saturated rings. The Morgan fingerprint density at radius 2 is 1.90 bits per heavy atom. The summed E-state index contributed by atoms with van der Waals surface area (Å²) in [5, 5.41) is 12.9. The standard InChI is InChI=1S/C14H16N2O5/c1-10(2)9-21-14(18)8-7-13(17)15-11-3-5-12(6-4-11)16(19)20/h3-8,10H,9H2,1-2H3,(H,15,17)/b8-7-. The van der Waals surface area contributed by atoms with Crippen LogP contribution >= 0.6 is 0 Å². The lowest BCUT2D eigenvalue weighted by Gasteiger charge is -2.04. The molecule has 1 rings (SSSR count). The van der Waals surface area contributed by atoms with E-state index in [1.165, 1.54) is 24.3 Å². The van der Waals surface area contributed by atoms with E-state index in [0.717, 1.165) is 12.2 Å². The second-order valence-electron chi connectivity index (χ2n) is 4.65. The van der Waals surface area contributed by atoms with Crippen molar-refractivity contribution in [2.75, 3.05) is 11.9 Å². The smallest absolute Gasteiger partial charge is 0.330 e. The number of nitrogens with one attached hydrogen (secondary N) is 1. The fraction of sp³-hybridized carbons (Fsp3) is 0.286. The van der Waals surface area contributed by atoms with Crippen LogP contribution < -0.4 is 5.32 Å². The monoisotopic (exact) mass is 292 g/mol. The van der Waals surface area contributed by atoms with Gasteiger partial charge in [-0.15, -0.1) is 0 Å². The maximum atomic E-state index is 11.5. The largest absolute Gasteiger partial charge is 0.462 e. The third-order valence-corrected chi connectivity index (χ3v) is 2.28. The molecule has 0 aromatic heterocycles. The van der Waals surface area contributed by atoms with Crippen LogP contribution in [0.5, 0.6) is 0 Å². The van der Waals surface area contributed by atoms with Crippen molar-refractivity contribution >= 4 is 23.3 Å². The second kappa shape index (κ2) is 7.78. The van der Waals surface area contributed by atoms with Crippen LogP contribution in [0.25, 0.3) is 0 Å². The molecule has 0 aliphatic heterocycles. The van der Waals surface area contributed by atoms with Crippen molar-refractivity contribution in [2.45, 2.75) is 13.8 Å². The zero-order valence-corrected chi connectivity index (χ0v) is 11.7. The van der Waals surface area contributed by atoms with Crippen LogP contribution in [0, 0.1) is 16.0 Å². The van der Waals surface area contributed by atoms with Crippen molar-refractivity contribution in [1.82, 2.24) is 0 Å². The highest BCUT2D eigenvalue weighted by atomic mass is 16.6. The lowest BCUT2D eigenvalue weighted by molar-refractivity contribution is -0.384. The molecule has 0 unspecified atom stereocenters. The Bertz CT molecular complexity index is 549. The highest BCUT2D eigenvalue weighted by Crippen LogP contribution is 2.15. The van der Waals surface area contributed by atoms with Crippen molar-refractivity contribution in [2.24, 2.45) is 5.92 Å². The molecule has 0 spiro atoms. The van der Waals surface area contributed by atoms with Gasteiger partial charge in [-0.1, -0.05) is 13.8 Å². The highest BCUT2D eigenvalue weighted by molar-refractivity contribution is 6.02. The number of esters is 1. The van der Waals surface area contributed by atoms with Crippen LogP contribution in [0.1, 0.15) is 13.8 Å². The SMILES string of the molecule is CC(C)COC(=O)/C=C\C(=O)Nc1ccc([N+](=O)[O-])cc1. The summed E-state index contributed by atoms with van der Waals surface area (Å²) in [5.41, 5.74) is 0.326. The van der Waals surface area contributed by atoms with Crippen LogP contribution in [0.15, 0.2) is 36.4 Å². The number of nitro groups is 1. The Labute approximate surface area is 121 Å². The Morgan fingerprint density at radius 1 is 1.29 bits per heavy atom. The summed E-state index contributed by atoms with van der Waals surface area (Å²) in [4.78, 5) is 32.7. The van der Waals surface area contributed by atoms with E-state index in [1.807, 2.05) is 13.8 Å². The first-order valence-electron chi connectivity index (χ1n) is 6.28. The summed E-state index contributed by atoms with van der Waals surface area (Å²) in [5.74, 6) is -0.899. The van der Waals surface area contributed by atoms with E-state index in [0.29, 0.717) is 5.69 Å². The molecule has 112 valence electrons. The second-order valence-corrected chi connectivity index (χ2v) is 4.65. The fourth-order valence-corrected chi connectivity index (χ4v) is 1.29. The Balaban J connectivity index is 2.49. The minimum Gasteiger partial charge on any atom is -0.462 e. The van der Waals surface area contributed by atoms with Crippen molar-refractivity contribution < 1.29 is 19.2 Å². The molecule has 0 saturated carbocycles. The van der Waals surface area contributed by atoms with Crippen molar-refractivity contribution in [3.63, 3.8) is 0 Å². The van der Waals surface area contributed by atoms with E-state index < -0.39 is 16.8 Å². The van der Waals surface area contributed by atoms with Gasteiger partial charge in [0.25, 0.3) is 5.69 Å². The summed E-state index contributed by atoms with van der Waals surface area (Å²) in [7, 11) is 0. The summed E-state index contributed by atoms with van der Waals surface area (Å²) in [6.45, 7) is 4.09. The molecule has 0 aliphatic carbocycles. The van der Waals surface area contributed by atoms with Crippen molar-refractivity contribution in [1.29, 1.82) is 0 Å². The van der Waals surface area contributed by atoms with E-state index in [9.17, 15) is 19.7 Å². The zero-order valence-electron chi connectivity index (χ0n) is 11.7. The molecule has 7 nitrogen and oxygen atoms in total. The predicted octanol–water partition coefficient (Wildman–Crippen LogP) is 2.29. The number of hydrogen-bond donors (Lipinski definition) is 1. The maximum absolute atomic E-state index is 11.5. The average molecular weight is 292 g/mol. The molecule has 0 heterocycles. The highest BCUT2D eigenvalue weighted by Gasteiger charge is 2.05. The molecule has 21 heavy (non-hydrogen) atoms. The third-order valence-electron chi connectivity index (χ3n) is 2.28. The van der Waals surface area contributed by atoms with Gasteiger partial charge in [0.15, 0.2) is 0 Å². The first-order chi connectivity index (χ1) is 9.88. The normalized spacial score (nSPS) is 10.6. The summed E-state index contributed by atoms with van der Waals surface area (Å²) in [6, 6.07) is 5.36. The van der Waals surface area contributed by atoms with Crippen LogP contribution in [-0.2, 0) is 14.3 Å². The van der Waals surface area contributed by atoms with E-state index in [2.05, 4.69) is 5.32 Å². The lowest BCUT2D eigenvalue weighted by atomic mass is 10.2. The van der Waals surface area contributed by atoms with Gasteiger partial charge in [0.1, 0.15) is 0 Å². The number of non-ortho nitro benzene ring substituents is 1. The predicted molar refractivity (Wildman–Crippen MR) is 76.7 cm³/mol. The van der Waals surface area contributed by atoms with Crippen molar-refractivity contribution in [3.05, 3.63) is 46.5 Å². The molecule has 1 aromatic rings. The number of hydrogen-bond acceptors (Lipinski definition) is 5. The van der Waals surface area contributed by atoms with Gasteiger partial charge in [-0.05, 0) is 18.1 Å². The fourth-order valence-electron chi connectivity index (χ4n) is 1.29. The third kappa shape index (κ3) is 6.33. The number of anilines is 1. The molecule has 0 bridgehead atoms. The number of carbonyl (C=O) groups excluding carboxylic acids is 2. The summed E-state index contributed by atoms with van der Waals surface area (Å²) in [6.07, 6.45) is 2.08. The Morgan fingerprint density at radius 3 is 2.43 bits per heavy atom. The molecule has 0 saturated heterocycles. The van der Waals surface area contributed by atoms with Crippen LogP contribution in [0.3, 0.4) is 0 Å². The van der Waals surface area contributed by atoms with Gasteiger partial charge < -0.3 is 10.1 Å². The zero-order chi connectivity index (χ0) is 15.8. The number of carbonyl (C=O) groups is 2. The van der Waals surface area contributed by atoms with E-state index in [-0.39, 0.29) is 18.2 Å². The minimum absolute atomic E-state index is 0.0687. The molecule has 0 atom stereocenters. The van der Waals surface area contributed by atoms with E-state index >= 15 is 0 Å². The van der Waals surface area contributed by atoms with Gasteiger partial charge in [-0.25, -0.2) is 4.79 Å². The van der Waals surface area contributed by atoms with Gasteiger partial charge in [0.2, 0.25) is 5.91 Å². The molecule has 0 aliphatic rings. The molecular formula is C14H16N2O5. The Hall–Kier alpha value is -2.70. The quantitative estimate of drug-likeness (QED) is 0.375. The van der Waals surface area contributed by atoms with Gasteiger partial charge in [-0.3, -0.25) is 14.9 Å². The average Bonchev–Trinajstić information content (AvgIpc) is 2.43. The maximum Gasteiger partial charge on any atom is 0.330 e. The van der Waals surface area contributed by atoms with E-state index in [4.69, 9.17) is 4.74 Å². The van der Waals surface area contributed by atoms with E-state index in [1.54, 1.807) is 0 Å². The van der Waals surface area contributed by atoms with Crippen LogP contribution in [-0.4, -0.2) is 23.4 Å². The van der Waals surface area contributed by atoms with Crippen LogP contribution in [0.2, 0.25) is 0 Å². The topological polar surface area (TPSA) is 98.5 Å². The molecule has 0 radical (unpaired) electrons. The minimum atomic E-state index is -0.595. The lowest BCUT2D eigenvalue weighted by Crippen LogP contribution is -2.11. The summed E-state index contributed by atoms with van der Waals surface area (Å²) >= 11 is 0. The number of nitrogens with zero attached hydrogens (tertiary/aromatic N) is 1. The number of nitro benzene ring substituents is 1. The van der Waals surface area contributed by atoms with Gasteiger partial charge in [0, 0.05) is 30.0 Å². The number of rotatable bonds is 6. The molecule has 1 amide bonds. The molecular weight excluding hydrogens is 276 g/mol. The Kier molecular flexibility index (Phi) is 6.06. The van der Waals surface area contributed by atoms with Crippen LogP contribution in [0.4, 0.5) is 11.4 Å². The number of benzene rings is 1. The van der Waals surface area contributed by atoms with Gasteiger partial charge in [-0.2, -0.15) is 0 Å². The molecule has 7 heteroatoms. The summed E-state index contributed by atoms with van der Waals surface area (Å²) < 4.78 is 4.87. The number of amides is 1. The van der Waals surface area contributed by atoms with Gasteiger partial charge >= 0.3 is 5.97 Å². The van der Waals surface area contributed by atoms with Crippen molar-refractivity contribution in [3.8, 4) is 0 Å².